The third kappa shape index (κ3) is 5.07. The maximum absolute atomic E-state index is 11.6. The first-order chi connectivity index (χ1) is 9.74. The van der Waals surface area contributed by atoms with Crippen molar-refractivity contribution in [3.63, 3.8) is 0 Å². The van der Waals surface area contributed by atoms with Crippen LogP contribution in [0.5, 0.6) is 0 Å². The zero-order chi connectivity index (χ0) is 14.2. The van der Waals surface area contributed by atoms with Crippen molar-refractivity contribution in [2.45, 2.75) is 4.90 Å². The van der Waals surface area contributed by atoms with Gasteiger partial charge in [-0.05, 0) is 29.8 Å². The first-order valence-corrected chi connectivity index (χ1v) is 7.36. The summed E-state index contributed by atoms with van der Waals surface area (Å²) in [6, 6.07) is 17.0. The zero-order valence-electron chi connectivity index (χ0n) is 10.6. The Hall–Kier alpha value is -1.78. The number of rotatable bonds is 5. The molecule has 2 rings (SSSR count). The SMILES string of the molecule is O=C(CSc1ccccc1)N/N=C\c1ccc(Cl)cc1. The van der Waals surface area contributed by atoms with Gasteiger partial charge in [0.2, 0.25) is 5.91 Å². The molecule has 20 heavy (non-hydrogen) atoms. The first kappa shape index (κ1) is 14.6. The highest BCUT2D eigenvalue weighted by molar-refractivity contribution is 8.00. The fourth-order valence-corrected chi connectivity index (χ4v) is 2.26. The second-order valence-corrected chi connectivity index (χ2v) is 5.43. The molecule has 102 valence electrons. The number of nitrogens with one attached hydrogen (secondary N) is 1. The lowest BCUT2D eigenvalue weighted by atomic mass is 10.2. The number of benzene rings is 2. The molecular weight excluding hydrogens is 292 g/mol. The van der Waals surface area contributed by atoms with Gasteiger partial charge in [-0.2, -0.15) is 5.10 Å². The van der Waals surface area contributed by atoms with Gasteiger partial charge in [0.25, 0.3) is 0 Å². The van der Waals surface area contributed by atoms with Crippen molar-refractivity contribution >= 4 is 35.5 Å². The van der Waals surface area contributed by atoms with E-state index in [1.807, 2.05) is 42.5 Å². The average Bonchev–Trinajstić information content (AvgIpc) is 2.48. The summed E-state index contributed by atoms with van der Waals surface area (Å²) in [4.78, 5) is 12.7. The predicted molar refractivity (Wildman–Crippen MR) is 84.4 cm³/mol. The van der Waals surface area contributed by atoms with Crippen molar-refractivity contribution in [3.8, 4) is 0 Å². The van der Waals surface area contributed by atoms with Crippen LogP contribution >= 0.6 is 23.4 Å². The van der Waals surface area contributed by atoms with E-state index in [0.717, 1.165) is 10.5 Å². The van der Waals surface area contributed by atoms with Gasteiger partial charge in [-0.25, -0.2) is 5.43 Å². The van der Waals surface area contributed by atoms with Gasteiger partial charge >= 0.3 is 0 Å². The number of hydrazone groups is 1. The molecule has 0 aliphatic carbocycles. The second kappa shape index (κ2) is 7.72. The van der Waals surface area contributed by atoms with Crippen molar-refractivity contribution in [1.29, 1.82) is 0 Å². The van der Waals surface area contributed by atoms with E-state index in [2.05, 4.69) is 10.5 Å². The fraction of sp³-hybridized carbons (Fsp3) is 0.0667. The second-order valence-electron chi connectivity index (χ2n) is 3.95. The van der Waals surface area contributed by atoms with Crippen LogP contribution in [0.4, 0.5) is 0 Å². The van der Waals surface area contributed by atoms with E-state index < -0.39 is 0 Å². The van der Waals surface area contributed by atoms with Crippen molar-refractivity contribution in [2.24, 2.45) is 5.10 Å². The summed E-state index contributed by atoms with van der Waals surface area (Å²) in [6.07, 6.45) is 1.58. The van der Waals surface area contributed by atoms with E-state index in [1.54, 1.807) is 18.3 Å². The summed E-state index contributed by atoms with van der Waals surface area (Å²) >= 11 is 7.25. The number of hydrogen-bond acceptors (Lipinski definition) is 3. The predicted octanol–water partition coefficient (Wildman–Crippen LogP) is 3.58. The highest BCUT2D eigenvalue weighted by Gasteiger charge is 2.00. The Bertz CT molecular complexity index is 585. The Morgan fingerprint density at radius 3 is 2.55 bits per heavy atom. The quantitative estimate of drug-likeness (QED) is 0.521. The van der Waals surface area contributed by atoms with Gasteiger partial charge in [-0.3, -0.25) is 4.79 Å². The van der Waals surface area contributed by atoms with Crippen LogP contribution in [-0.2, 0) is 4.79 Å². The molecular formula is C15H13ClN2OS. The van der Waals surface area contributed by atoms with Crippen molar-refractivity contribution < 1.29 is 4.79 Å². The van der Waals surface area contributed by atoms with Gasteiger partial charge in [-0.15, -0.1) is 11.8 Å². The molecule has 0 saturated heterocycles. The van der Waals surface area contributed by atoms with Crippen LogP contribution in [-0.4, -0.2) is 17.9 Å². The van der Waals surface area contributed by atoms with E-state index in [4.69, 9.17) is 11.6 Å². The molecule has 0 aromatic heterocycles. The third-order valence-corrected chi connectivity index (χ3v) is 3.65. The number of amides is 1. The largest absolute Gasteiger partial charge is 0.272 e. The number of hydrogen-bond donors (Lipinski definition) is 1. The molecule has 3 nitrogen and oxygen atoms in total. The summed E-state index contributed by atoms with van der Waals surface area (Å²) in [7, 11) is 0. The number of nitrogens with zero attached hydrogens (tertiary/aromatic N) is 1. The minimum atomic E-state index is -0.135. The van der Waals surface area contributed by atoms with Gasteiger partial charge in [0.1, 0.15) is 0 Å². The van der Waals surface area contributed by atoms with E-state index in [-0.39, 0.29) is 5.91 Å². The molecule has 0 unspecified atom stereocenters. The molecule has 0 fully saturated rings. The lowest BCUT2D eigenvalue weighted by molar-refractivity contribution is -0.118. The third-order valence-electron chi connectivity index (χ3n) is 2.39. The Morgan fingerprint density at radius 2 is 1.85 bits per heavy atom. The van der Waals surface area contributed by atoms with Crippen molar-refractivity contribution in [2.75, 3.05) is 5.75 Å². The number of halogens is 1. The minimum Gasteiger partial charge on any atom is -0.272 e. The highest BCUT2D eigenvalue weighted by Crippen LogP contribution is 2.16. The summed E-state index contributed by atoms with van der Waals surface area (Å²) in [5, 5.41) is 4.57. The average molecular weight is 305 g/mol. The van der Waals surface area contributed by atoms with E-state index in [9.17, 15) is 4.79 Å². The Balaban J connectivity index is 1.76. The maximum Gasteiger partial charge on any atom is 0.250 e. The smallest absolute Gasteiger partial charge is 0.250 e. The Labute approximate surface area is 127 Å². The Kier molecular flexibility index (Phi) is 5.65. The molecule has 0 heterocycles. The molecule has 0 atom stereocenters. The van der Waals surface area contributed by atoms with E-state index in [0.29, 0.717) is 10.8 Å². The van der Waals surface area contributed by atoms with Crippen LogP contribution in [0.1, 0.15) is 5.56 Å². The molecule has 1 amide bonds. The van der Waals surface area contributed by atoms with Crippen molar-refractivity contribution in [1.82, 2.24) is 5.43 Å². The number of thioether (sulfide) groups is 1. The molecule has 0 spiro atoms. The molecule has 0 aliphatic heterocycles. The maximum atomic E-state index is 11.6. The lowest BCUT2D eigenvalue weighted by Crippen LogP contribution is -2.19. The fourth-order valence-electron chi connectivity index (χ4n) is 1.43. The number of carbonyl (C=O) groups is 1. The van der Waals surface area contributed by atoms with Crippen LogP contribution in [0.25, 0.3) is 0 Å². The summed E-state index contributed by atoms with van der Waals surface area (Å²) in [5.41, 5.74) is 3.37. The standard InChI is InChI=1S/C15H13ClN2OS/c16-13-8-6-12(7-9-13)10-17-18-15(19)11-20-14-4-2-1-3-5-14/h1-10H,11H2,(H,18,19)/b17-10-. The normalized spacial score (nSPS) is 10.7. The summed E-state index contributed by atoms with van der Waals surface area (Å²) < 4.78 is 0. The van der Waals surface area contributed by atoms with Crippen molar-refractivity contribution in [3.05, 3.63) is 65.2 Å². The molecule has 0 saturated carbocycles. The molecule has 1 N–H and O–H groups in total. The zero-order valence-corrected chi connectivity index (χ0v) is 12.2. The molecule has 2 aromatic rings. The first-order valence-electron chi connectivity index (χ1n) is 5.99. The Morgan fingerprint density at radius 1 is 1.15 bits per heavy atom. The topological polar surface area (TPSA) is 41.5 Å². The van der Waals surface area contributed by atoms with Gasteiger partial charge in [0, 0.05) is 9.92 Å². The van der Waals surface area contributed by atoms with Gasteiger partial charge in [0.15, 0.2) is 0 Å². The molecule has 2 aromatic carbocycles. The van der Waals surface area contributed by atoms with Crippen LogP contribution in [0.2, 0.25) is 5.02 Å². The van der Waals surface area contributed by atoms with Gasteiger partial charge in [0.05, 0.1) is 12.0 Å². The summed E-state index contributed by atoms with van der Waals surface area (Å²) in [6.45, 7) is 0. The van der Waals surface area contributed by atoms with Crippen LogP contribution < -0.4 is 5.43 Å². The van der Waals surface area contributed by atoms with E-state index in [1.165, 1.54) is 11.8 Å². The van der Waals surface area contributed by atoms with Gasteiger partial charge < -0.3 is 0 Å². The molecule has 5 heteroatoms. The monoisotopic (exact) mass is 304 g/mol. The van der Waals surface area contributed by atoms with Crippen LogP contribution in [0.15, 0.2) is 64.6 Å². The van der Waals surface area contributed by atoms with Crippen LogP contribution in [0.3, 0.4) is 0 Å². The molecule has 0 bridgehead atoms. The molecule has 0 radical (unpaired) electrons. The molecule has 0 aliphatic rings. The lowest BCUT2D eigenvalue weighted by Gasteiger charge is -2.00. The highest BCUT2D eigenvalue weighted by atomic mass is 35.5. The number of carbonyl (C=O) groups excluding carboxylic acids is 1. The van der Waals surface area contributed by atoms with Gasteiger partial charge in [-0.1, -0.05) is 41.9 Å². The van der Waals surface area contributed by atoms with Crippen LogP contribution in [0, 0.1) is 0 Å². The summed E-state index contributed by atoms with van der Waals surface area (Å²) in [5.74, 6) is 0.200. The van der Waals surface area contributed by atoms with E-state index >= 15 is 0 Å². The minimum absolute atomic E-state index is 0.135.